The highest BCUT2D eigenvalue weighted by molar-refractivity contribution is 9.10. The first-order chi connectivity index (χ1) is 5.66. The van der Waals surface area contributed by atoms with Crippen molar-refractivity contribution in [3.63, 3.8) is 0 Å². The van der Waals surface area contributed by atoms with Gasteiger partial charge in [-0.05, 0) is 22.0 Å². The Labute approximate surface area is 91.5 Å². The van der Waals surface area contributed by atoms with Crippen LogP contribution in [0.1, 0.15) is 0 Å². The number of halogens is 2. The van der Waals surface area contributed by atoms with E-state index in [-0.39, 0.29) is 0 Å². The van der Waals surface area contributed by atoms with Crippen LogP contribution in [0.5, 0.6) is 0 Å². The van der Waals surface area contributed by atoms with Crippen molar-refractivity contribution in [1.82, 2.24) is 9.97 Å². The Bertz CT molecular complexity index is 403. The fraction of sp³-hybridized carbons (Fsp3) is 0. The van der Waals surface area contributed by atoms with Gasteiger partial charge in [-0.1, -0.05) is 11.6 Å². The van der Waals surface area contributed by atoms with Gasteiger partial charge >= 0.3 is 0 Å². The number of rotatable bonds is 0. The number of hydrogen-bond acceptors (Lipinski definition) is 4. The van der Waals surface area contributed by atoms with E-state index in [2.05, 4.69) is 38.5 Å². The van der Waals surface area contributed by atoms with E-state index in [0.717, 1.165) is 9.17 Å². The fourth-order valence-corrected chi connectivity index (χ4v) is 2.49. The molecule has 2 nitrogen and oxygen atoms in total. The molecule has 0 aromatic carbocycles. The molecule has 0 radical (unpaired) electrons. The van der Waals surface area contributed by atoms with Crippen LogP contribution in [0.2, 0.25) is 5.15 Å². The molecular formula is C6H2BrClN2S2. The molecule has 12 heavy (non-hydrogen) atoms. The summed E-state index contributed by atoms with van der Waals surface area (Å²) in [7, 11) is 0. The summed E-state index contributed by atoms with van der Waals surface area (Å²) >= 11 is 14.7. The lowest BCUT2D eigenvalue weighted by atomic mass is 10.5. The molecule has 0 amide bonds. The first-order valence-electron chi connectivity index (χ1n) is 2.98. The van der Waals surface area contributed by atoms with E-state index in [4.69, 9.17) is 11.6 Å². The molecule has 0 atom stereocenters. The van der Waals surface area contributed by atoms with Gasteiger partial charge in [0.25, 0.3) is 0 Å². The normalized spacial score (nSPS) is 10.9. The summed E-state index contributed by atoms with van der Waals surface area (Å²) in [5.41, 5.74) is 0.651. The zero-order chi connectivity index (χ0) is 8.72. The van der Waals surface area contributed by atoms with Crippen molar-refractivity contribution in [3.8, 4) is 0 Å². The van der Waals surface area contributed by atoms with Crippen LogP contribution in [0, 0.1) is 0 Å². The topological polar surface area (TPSA) is 25.8 Å². The SMILES string of the molecule is Sc1nc2nc(Cl)c(Br)cc2s1. The van der Waals surface area contributed by atoms with Crippen molar-refractivity contribution < 1.29 is 0 Å². The zero-order valence-electron chi connectivity index (χ0n) is 5.58. The van der Waals surface area contributed by atoms with Crippen molar-refractivity contribution in [2.45, 2.75) is 4.34 Å². The second kappa shape index (κ2) is 3.14. The number of fused-ring (bicyclic) bond motifs is 1. The van der Waals surface area contributed by atoms with Gasteiger partial charge in [0.2, 0.25) is 0 Å². The molecule has 0 saturated heterocycles. The molecule has 0 aliphatic heterocycles. The standard InChI is InChI=1S/C6H2BrClN2S2/c7-2-1-3-5(9-4(2)8)10-6(11)12-3/h1H,(H,9,10,11). The lowest BCUT2D eigenvalue weighted by Gasteiger charge is -1.92. The third-order valence-corrected chi connectivity index (χ3v) is 3.57. The van der Waals surface area contributed by atoms with E-state index in [1.807, 2.05) is 6.07 Å². The van der Waals surface area contributed by atoms with Crippen LogP contribution >= 0.6 is 51.5 Å². The lowest BCUT2D eigenvalue weighted by Crippen LogP contribution is -1.78. The molecule has 2 rings (SSSR count). The molecule has 0 bridgehead atoms. The Kier molecular flexibility index (Phi) is 2.29. The molecule has 6 heteroatoms. The molecule has 0 aliphatic rings. The predicted molar refractivity (Wildman–Crippen MR) is 57.4 cm³/mol. The Balaban J connectivity index is 2.83. The maximum Gasteiger partial charge on any atom is 0.173 e. The molecule has 0 N–H and O–H groups in total. The minimum absolute atomic E-state index is 0.432. The third kappa shape index (κ3) is 1.46. The molecular weight excluding hydrogens is 280 g/mol. The number of thiol groups is 1. The Morgan fingerprint density at radius 1 is 1.50 bits per heavy atom. The maximum atomic E-state index is 5.78. The molecule has 0 spiro atoms. The van der Waals surface area contributed by atoms with Gasteiger partial charge in [0, 0.05) is 0 Å². The molecule has 62 valence electrons. The van der Waals surface area contributed by atoms with Gasteiger partial charge in [-0.15, -0.1) is 24.0 Å². The minimum atomic E-state index is 0.432. The predicted octanol–water partition coefficient (Wildman–Crippen LogP) is 3.40. The second-order valence-electron chi connectivity index (χ2n) is 2.08. The largest absolute Gasteiger partial charge is 0.214 e. The number of thiazole rings is 1. The molecule has 0 aliphatic carbocycles. The van der Waals surface area contributed by atoms with Gasteiger partial charge in [0.15, 0.2) is 5.65 Å². The molecule has 2 aromatic rings. The van der Waals surface area contributed by atoms with Crippen molar-refractivity contribution >= 4 is 61.8 Å². The van der Waals surface area contributed by atoms with E-state index >= 15 is 0 Å². The van der Waals surface area contributed by atoms with Gasteiger partial charge in [-0.25, -0.2) is 9.97 Å². The van der Waals surface area contributed by atoms with Crippen LogP contribution < -0.4 is 0 Å². The van der Waals surface area contributed by atoms with Gasteiger partial charge in [-0.3, -0.25) is 0 Å². The molecule has 0 fully saturated rings. The average Bonchev–Trinajstić information content (AvgIpc) is 2.30. The lowest BCUT2D eigenvalue weighted by molar-refractivity contribution is 1.24. The van der Waals surface area contributed by atoms with Crippen molar-refractivity contribution in [1.29, 1.82) is 0 Å². The number of aromatic nitrogens is 2. The van der Waals surface area contributed by atoms with Crippen LogP contribution in [0.15, 0.2) is 14.9 Å². The highest BCUT2D eigenvalue weighted by Gasteiger charge is 2.05. The smallest absolute Gasteiger partial charge is 0.173 e. The number of nitrogens with zero attached hydrogens (tertiary/aromatic N) is 2. The van der Waals surface area contributed by atoms with Gasteiger partial charge in [0.05, 0.1) is 9.17 Å². The Morgan fingerprint density at radius 2 is 2.25 bits per heavy atom. The highest BCUT2D eigenvalue weighted by atomic mass is 79.9. The average molecular weight is 282 g/mol. The van der Waals surface area contributed by atoms with Gasteiger partial charge in [-0.2, -0.15) is 0 Å². The molecule has 2 heterocycles. The van der Waals surface area contributed by atoms with Crippen molar-refractivity contribution in [3.05, 3.63) is 15.7 Å². The van der Waals surface area contributed by atoms with Crippen LogP contribution in [-0.4, -0.2) is 9.97 Å². The quantitative estimate of drug-likeness (QED) is 0.591. The zero-order valence-corrected chi connectivity index (χ0v) is 9.64. The maximum absolute atomic E-state index is 5.78. The first-order valence-corrected chi connectivity index (χ1v) is 5.42. The first kappa shape index (κ1) is 8.74. The summed E-state index contributed by atoms with van der Waals surface area (Å²) in [5, 5.41) is 0.432. The summed E-state index contributed by atoms with van der Waals surface area (Å²) in [6.07, 6.45) is 0. The fourth-order valence-electron chi connectivity index (χ4n) is 0.808. The number of pyridine rings is 1. The summed E-state index contributed by atoms with van der Waals surface area (Å²) in [4.78, 5) is 8.15. The minimum Gasteiger partial charge on any atom is -0.214 e. The molecule has 2 aromatic heterocycles. The molecule has 0 saturated carbocycles. The van der Waals surface area contributed by atoms with E-state index in [0.29, 0.717) is 15.1 Å². The number of hydrogen-bond donors (Lipinski definition) is 1. The van der Waals surface area contributed by atoms with Crippen LogP contribution in [0.3, 0.4) is 0 Å². The third-order valence-electron chi connectivity index (χ3n) is 1.28. The van der Waals surface area contributed by atoms with Gasteiger partial charge < -0.3 is 0 Å². The van der Waals surface area contributed by atoms with Crippen LogP contribution in [0.4, 0.5) is 0 Å². The summed E-state index contributed by atoms with van der Waals surface area (Å²) in [6, 6.07) is 1.89. The monoisotopic (exact) mass is 280 g/mol. The van der Waals surface area contributed by atoms with Crippen LogP contribution in [0.25, 0.3) is 10.3 Å². The summed E-state index contributed by atoms with van der Waals surface area (Å²) in [5.74, 6) is 0. The Morgan fingerprint density at radius 3 is 3.00 bits per heavy atom. The Hall–Kier alpha value is 0.160. The van der Waals surface area contributed by atoms with E-state index < -0.39 is 0 Å². The van der Waals surface area contributed by atoms with Crippen molar-refractivity contribution in [2.75, 3.05) is 0 Å². The molecule has 0 unspecified atom stereocenters. The van der Waals surface area contributed by atoms with Crippen molar-refractivity contribution in [2.24, 2.45) is 0 Å². The van der Waals surface area contributed by atoms with Gasteiger partial charge in [0.1, 0.15) is 9.49 Å². The highest BCUT2D eigenvalue weighted by Crippen LogP contribution is 2.29. The van der Waals surface area contributed by atoms with Crippen LogP contribution in [-0.2, 0) is 0 Å². The second-order valence-corrected chi connectivity index (χ2v) is 5.05. The summed E-state index contributed by atoms with van der Waals surface area (Å²) in [6.45, 7) is 0. The van der Waals surface area contributed by atoms with E-state index in [1.165, 1.54) is 11.3 Å². The van der Waals surface area contributed by atoms with E-state index in [1.54, 1.807) is 0 Å². The van der Waals surface area contributed by atoms with E-state index in [9.17, 15) is 0 Å². The summed E-state index contributed by atoms with van der Waals surface area (Å²) < 4.78 is 2.47.